The van der Waals surface area contributed by atoms with Crippen molar-refractivity contribution in [2.45, 2.75) is 32.1 Å². The number of aromatic amines is 1. The van der Waals surface area contributed by atoms with Gasteiger partial charge in [0.25, 0.3) is 0 Å². The summed E-state index contributed by atoms with van der Waals surface area (Å²) in [7, 11) is 0. The predicted molar refractivity (Wildman–Crippen MR) is 77.3 cm³/mol. The van der Waals surface area contributed by atoms with E-state index >= 15 is 0 Å². The Balaban J connectivity index is 1.50. The first-order valence-electron chi connectivity index (χ1n) is 7.79. The number of rotatable bonds is 4. The molecule has 110 valence electrons. The van der Waals surface area contributed by atoms with Gasteiger partial charge in [0.2, 0.25) is 5.91 Å². The van der Waals surface area contributed by atoms with Gasteiger partial charge in [-0.25, -0.2) is 0 Å². The summed E-state index contributed by atoms with van der Waals surface area (Å²) in [6.07, 6.45) is 7.64. The van der Waals surface area contributed by atoms with Crippen LogP contribution in [0, 0.1) is 5.92 Å². The first-order valence-corrected chi connectivity index (χ1v) is 7.79. The fourth-order valence-corrected chi connectivity index (χ4v) is 3.40. The smallest absolute Gasteiger partial charge is 0.236 e. The summed E-state index contributed by atoms with van der Waals surface area (Å²) in [5.74, 6) is 0.896. The second-order valence-electron chi connectivity index (χ2n) is 6.12. The summed E-state index contributed by atoms with van der Waals surface area (Å²) in [5, 5.41) is 7.02. The number of carbonyl (C=O) groups excluding carboxylic acids is 1. The summed E-state index contributed by atoms with van der Waals surface area (Å²) < 4.78 is 0. The Bertz CT molecular complexity index is 425. The third-order valence-corrected chi connectivity index (χ3v) is 4.50. The van der Waals surface area contributed by atoms with E-state index in [-0.39, 0.29) is 0 Å². The van der Waals surface area contributed by atoms with Crippen LogP contribution in [-0.4, -0.2) is 58.6 Å². The van der Waals surface area contributed by atoms with Gasteiger partial charge in [-0.05, 0) is 57.2 Å². The minimum atomic E-state index is 0.321. The third kappa shape index (κ3) is 3.39. The summed E-state index contributed by atoms with van der Waals surface area (Å²) in [6.45, 7) is 4.66. The van der Waals surface area contributed by atoms with Crippen LogP contribution in [0.1, 0.15) is 31.4 Å². The molecule has 2 saturated heterocycles. The van der Waals surface area contributed by atoms with Crippen molar-refractivity contribution in [3.8, 4) is 0 Å². The number of aromatic nitrogens is 2. The van der Waals surface area contributed by atoms with Crippen LogP contribution in [0.25, 0.3) is 0 Å². The van der Waals surface area contributed by atoms with E-state index in [4.69, 9.17) is 0 Å². The molecule has 1 amide bonds. The van der Waals surface area contributed by atoms with Gasteiger partial charge in [-0.15, -0.1) is 0 Å². The monoisotopic (exact) mass is 276 g/mol. The zero-order valence-corrected chi connectivity index (χ0v) is 12.1. The molecule has 0 bridgehead atoms. The Labute approximate surface area is 120 Å². The Kier molecular flexibility index (Phi) is 4.35. The van der Waals surface area contributed by atoms with Gasteiger partial charge in [-0.2, -0.15) is 5.10 Å². The highest BCUT2D eigenvalue weighted by molar-refractivity contribution is 5.78. The molecule has 0 spiro atoms. The van der Waals surface area contributed by atoms with Crippen LogP contribution in [0.15, 0.2) is 12.3 Å². The maximum Gasteiger partial charge on any atom is 0.236 e. The largest absolute Gasteiger partial charge is 0.341 e. The van der Waals surface area contributed by atoms with Crippen molar-refractivity contribution >= 4 is 5.91 Å². The zero-order chi connectivity index (χ0) is 13.8. The van der Waals surface area contributed by atoms with Gasteiger partial charge in [0.05, 0.1) is 6.54 Å². The van der Waals surface area contributed by atoms with Crippen LogP contribution in [-0.2, 0) is 11.2 Å². The summed E-state index contributed by atoms with van der Waals surface area (Å²) in [5.41, 5.74) is 1.18. The highest BCUT2D eigenvalue weighted by Crippen LogP contribution is 2.20. The lowest BCUT2D eigenvalue weighted by atomic mass is 9.93. The van der Waals surface area contributed by atoms with Crippen LogP contribution in [0.5, 0.6) is 0 Å². The Hall–Kier alpha value is -1.36. The van der Waals surface area contributed by atoms with E-state index < -0.39 is 0 Å². The Morgan fingerprint density at radius 1 is 1.30 bits per heavy atom. The molecule has 0 aromatic carbocycles. The molecule has 1 atom stereocenters. The van der Waals surface area contributed by atoms with Crippen LogP contribution >= 0.6 is 0 Å². The van der Waals surface area contributed by atoms with Crippen molar-refractivity contribution in [3.05, 3.63) is 18.0 Å². The fourth-order valence-electron chi connectivity index (χ4n) is 3.40. The molecule has 5 heteroatoms. The van der Waals surface area contributed by atoms with Gasteiger partial charge in [-0.3, -0.25) is 14.8 Å². The second-order valence-corrected chi connectivity index (χ2v) is 6.12. The molecule has 1 aromatic rings. The number of nitrogens with zero attached hydrogens (tertiary/aromatic N) is 3. The average Bonchev–Trinajstić information content (AvgIpc) is 3.12. The molecule has 5 nitrogen and oxygen atoms in total. The molecule has 0 unspecified atom stereocenters. The predicted octanol–water partition coefficient (Wildman–Crippen LogP) is 1.29. The molecule has 0 saturated carbocycles. The number of H-pyrrole nitrogens is 1. The van der Waals surface area contributed by atoms with Gasteiger partial charge in [0.1, 0.15) is 0 Å². The Morgan fingerprint density at radius 3 is 2.90 bits per heavy atom. The summed E-state index contributed by atoms with van der Waals surface area (Å²) in [4.78, 5) is 16.7. The highest BCUT2D eigenvalue weighted by atomic mass is 16.2. The zero-order valence-electron chi connectivity index (χ0n) is 12.1. The van der Waals surface area contributed by atoms with Crippen molar-refractivity contribution in [3.63, 3.8) is 0 Å². The third-order valence-electron chi connectivity index (χ3n) is 4.50. The number of piperidine rings is 1. The second kappa shape index (κ2) is 6.39. The first-order chi connectivity index (χ1) is 9.81. The minimum Gasteiger partial charge on any atom is -0.341 e. The number of hydrogen-bond donors (Lipinski definition) is 1. The average molecular weight is 276 g/mol. The van der Waals surface area contributed by atoms with E-state index in [1.54, 1.807) is 6.20 Å². The molecule has 2 fully saturated rings. The van der Waals surface area contributed by atoms with E-state index in [1.165, 1.54) is 25.0 Å². The van der Waals surface area contributed by atoms with Crippen molar-refractivity contribution in [1.29, 1.82) is 0 Å². The van der Waals surface area contributed by atoms with Crippen LogP contribution in [0.2, 0.25) is 0 Å². The van der Waals surface area contributed by atoms with Gasteiger partial charge in [-0.1, -0.05) is 0 Å². The van der Waals surface area contributed by atoms with E-state index in [0.717, 1.165) is 39.0 Å². The SMILES string of the molecule is O=C(CN1CCCC1)N1CCC[C@H](Cc2ccn[nH]2)C1. The standard InChI is InChI=1S/C15H24N4O/c20-15(12-18-7-1-2-8-18)19-9-3-4-13(11-19)10-14-5-6-16-17-14/h5-6,13H,1-4,7-12H2,(H,16,17)/t13-/m1/s1. The topological polar surface area (TPSA) is 52.2 Å². The van der Waals surface area contributed by atoms with Gasteiger partial charge in [0.15, 0.2) is 0 Å². The van der Waals surface area contributed by atoms with Crippen molar-refractivity contribution < 1.29 is 4.79 Å². The van der Waals surface area contributed by atoms with Crippen molar-refractivity contribution in [2.24, 2.45) is 5.92 Å². The van der Waals surface area contributed by atoms with Crippen LogP contribution in [0.3, 0.4) is 0 Å². The molecule has 0 aliphatic carbocycles. The normalized spacial score (nSPS) is 24.2. The lowest BCUT2D eigenvalue weighted by Crippen LogP contribution is -2.45. The maximum atomic E-state index is 12.4. The molecular formula is C15H24N4O. The molecule has 2 aliphatic rings. The maximum absolute atomic E-state index is 12.4. The highest BCUT2D eigenvalue weighted by Gasteiger charge is 2.25. The number of carbonyl (C=O) groups is 1. The Morgan fingerprint density at radius 2 is 2.15 bits per heavy atom. The fraction of sp³-hybridized carbons (Fsp3) is 0.733. The first kappa shape index (κ1) is 13.6. The lowest BCUT2D eigenvalue weighted by Gasteiger charge is -2.33. The molecule has 2 aliphatic heterocycles. The lowest BCUT2D eigenvalue weighted by molar-refractivity contribution is -0.134. The molecule has 1 N–H and O–H groups in total. The van der Waals surface area contributed by atoms with E-state index in [2.05, 4.69) is 20.0 Å². The number of nitrogens with one attached hydrogen (secondary N) is 1. The molecule has 1 aromatic heterocycles. The van der Waals surface area contributed by atoms with Gasteiger partial charge in [0, 0.05) is 25.0 Å². The quantitative estimate of drug-likeness (QED) is 0.901. The van der Waals surface area contributed by atoms with Crippen molar-refractivity contribution in [1.82, 2.24) is 20.0 Å². The minimum absolute atomic E-state index is 0.321. The van der Waals surface area contributed by atoms with Crippen molar-refractivity contribution in [2.75, 3.05) is 32.7 Å². The van der Waals surface area contributed by atoms with Gasteiger partial charge >= 0.3 is 0 Å². The van der Waals surface area contributed by atoms with Crippen LogP contribution in [0.4, 0.5) is 0 Å². The summed E-state index contributed by atoms with van der Waals surface area (Å²) in [6, 6.07) is 2.03. The molecule has 0 radical (unpaired) electrons. The molecule has 3 heterocycles. The van der Waals surface area contributed by atoms with E-state index in [9.17, 15) is 4.79 Å². The molecule has 20 heavy (non-hydrogen) atoms. The molecule has 3 rings (SSSR count). The number of likely N-dealkylation sites (tertiary alicyclic amines) is 2. The van der Waals surface area contributed by atoms with Gasteiger partial charge < -0.3 is 4.90 Å². The number of amides is 1. The summed E-state index contributed by atoms with van der Waals surface area (Å²) >= 11 is 0. The number of hydrogen-bond acceptors (Lipinski definition) is 3. The van der Waals surface area contributed by atoms with E-state index in [0.29, 0.717) is 18.4 Å². The van der Waals surface area contributed by atoms with Crippen LogP contribution < -0.4 is 0 Å². The molecular weight excluding hydrogens is 252 g/mol. The van der Waals surface area contributed by atoms with E-state index in [1.807, 2.05) is 6.07 Å².